The molecule has 1 amide bonds. The zero-order valence-corrected chi connectivity index (χ0v) is 15.3. The molecule has 142 valence electrons. The predicted molar refractivity (Wildman–Crippen MR) is 100 cm³/mol. The average molecular weight is 392 g/mol. The third-order valence-corrected chi connectivity index (χ3v) is 5.07. The molecular formula is C20H19ClFNO4. The Morgan fingerprint density at radius 2 is 2.11 bits per heavy atom. The average Bonchev–Trinajstić information content (AvgIpc) is 2.60. The van der Waals surface area contributed by atoms with E-state index in [0.29, 0.717) is 18.5 Å². The molecule has 0 radical (unpaired) electrons. The number of hydrogen-bond donors (Lipinski definition) is 3. The van der Waals surface area contributed by atoms with Gasteiger partial charge in [-0.25, -0.2) is 9.18 Å². The van der Waals surface area contributed by atoms with Crippen molar-refractivity contribution in [1.82, 2.24) is 4.90 Å². The highest BCUT2D eigenvalue weighted by atomic mass is 35.5. The molecule has 7 heteroatoms. The summed E-state index contributed by atoms with van der Waals surface area (Å²) >= 11 is 5.72. The van der Waals surface area contributed by atoms with Crippen molar-refractivity contribution in [2.24, 2.45) is 0 Å². The number of benzene rings is 2. The number of carbonyl (C=O) groups is 1. The smallest absolute Gasteiger partial charge is 0.407 e. The van der Waals surface area contributed by atoms with Crippen LogP contribution >= 0.6 is 11.6 Å². The highest BCUT2D eigenvalue weighted by molar-refractivity contribution is 6.30. The molecule has 0 saturated carbocycles. The van der Waals surface area contributed by atoms with E-state index in [1.807, 2.05) is 0 Å². The molecule has 3 N–H and O–H groups in total. The van der Waals surface area contributed by atoms with E-state index in [2.05, 4.69) is 0 Å². The zero-order valence-electron chi connectivity index (χ0n) is 14.6. The third-order valence-electron chi connectivity index (χ3n) is 4.83. The molecule has 2 unspecified atom stereocenters. The first-order chi connectivity index (χ1) is 12.8. The number of phenols is 1. The van der Waals surface area contributed by atoms with Crippen LogP contribution in [0, 0.1) is 5.82 Å². The maximum absolute atomic E-state index is 13.8. The highest BCUT2D eigenvalue weighted by Crippen LogP contribution is 2.40. The minimum Gasteiger partial charge on any atom is -0.507 e. The summed E-state index contributed by atoms with van der Waals surface area (Å²) in [5.74, 6) is -0.661. The molecule has 0 fully saturated rings. The Kier molecular flexibility index (Phi) is 5.39. The van der Waals surface area contributed by atoms with Crippen LogP contribution in [-0.4, -0.2) is 32.9 Å². The number of hydrogen-bond acceptors (Lipinski definition) is 3. The highest BCUT2D eigenvalue weighted by Gasteiger charge is 2.31. The maximum Gasteiger partial charge on any atom is 0.407 e. The molecule has 0 aliphatic carbocycles. The molecule has 2 atom stereocenters. The van der Waals surface area contributed by atoms with Gasteiger partial charge >= 0.3 is 6.09 Å². The van der Waals surface area contributed by atoms with Gasteiger partial charge in [0.25, 0.3) is 0 Å². The molecule has 27 heavy (non-hydrogen) atoms. The summed E-state index contributed by atoms with van der Waals surface area (Å²) in [6.45, 7) is 2.04. The molecule has 0 saturated heterocycles. The molecule has 5 nitrogen and oxygen atoms in total. The molecule has 0 spiro atoms. The van der Waals surface area contributed by atoms with Crippen LogP contribution in [0.1, 0.15) is 41.3 Å². The normalized spacial score (nSPS) is 17.8. The number of nitrogens with zero attached hydrogens (tertiary/aromatic N) is 1. The van der Waals surface area contributed by atoms with Crippen LogP contribution in [0.2, 0.25) is 5.02 Å². The molecular weight excluding hydrogens is 373 g/mol. The van der Waals surface area contributed by atoms with Crippen molar-refractivity contribution >= 4 is 23.8 Å². The summed E-state index contributed by atoms with van der Waals surface area (Å²) < 4.78 is 13.8. The lowest BCUT2D eigenvalue weighted by Crippen LogP contribution is -2.38. The Balaban J connectivity index is 1.91. The molecule has 1 aliphatic heterocycles. The van der Waals surface area contributed by atoms with Gasteiger partial charge in [-0.05, 0) is 31.0 Å². The SMILES string of the molecule is CC1c2c(ccc(C(O)C=Cc3ccc(Cl)cc3F)c2O)CCN1C(=O)O. The van der Waals surface area contributed by atoms with E-state index in [4.69, 9.17) is 11.6 Å². The largest absolute Gasteiger partial charge is 0.507 e. The van der Waals surface area contributed by atoms with E-state index in [1.54, 1.807) is 19.1 Å². The zero-order chi connectivity index (χ0) is 19.7. The summed E-state index contributed by atoms with van der Waals surface area (Å²) in [6, 6.07) is 7.04. The fourth-order valence-corrected chi connectivity index (χ4v) is 3.54. The Morgan fingerprint density at radius 1 is 1.37 bits per heavy atom. The van der Waals surface area contributed by atoms with Gasteiger partial charge in [-0.3, -0.25) is 0 Å². The first-order valence-corrected chi connectivity index (χ1v) is 8.83. The fraction of sp³-hybridized carbons (Fsp3) is 0.250. The molecule has 2 aromatic rings. The number of amides is 1. The second kappa shape index (κ2) is 7.58. The van der Waals surface area contributed by atoms with E-state index >= 15 is 0 Å². The molecule has 0 bridgehead atoms. The number of phenolic OH excluding ortho intramolecular Hbond substituents is 1. The Labute approximate surface area is 160 Å². The van der Waals surface area contributed by atoms with Gasteiger partial charge in [0.2, 0.25) is 0 Å². The fourth-order valence-electron chi connectivity index (χ4n) is 3.38. The summed E-state index contributed by atoms with van der Waals surface area (Å²) in [7, 11) is 0. The van der Waals surface area contributed by atoms with Crippen molar-refractivity contribution in [1.29, 1.82) is 0 Å². The lowest BCUT2D eigenvalue weighted by molar-refractivity contribution is 0.123. The van der Waals surface area contributed by atoms with Crippen molar-refractivity contribution in [2.45, 2.75) is 25.5 Å². The maximum atomic E-state index is 13.8. The number of halogens is 2. The number of aromatic hydroxyl groups is 1. The number of aliphatic hydroxyl groups is 1. The van der Waals surface area contributed by atoms with Gasteiger partial charge < -0.3 is 20.2 Å². The van der Waals surface area contributed by atoms with Crippen molar-refractivity contribution < 1.29 is 24.5 Å². The van der Waals surface area contributed by atoms with E-state index < -0.39 is 24.1 Å². The van der Waals surface area contributed by atoms with Crippen LogP contribution in [0.4, 0.5) is 9.18 Å². The minimum atomic E-state index is -1.18. The standard InChI is InChI=1S/C20H19ClFNO4/c1-11-18-13(8-9-23(11)20(26)27)3-6-15(19(18)25)17(24)7-4-12-2-5-14(21)10-16(12)22/h2-7,10-11,17,24-25H,8-9H2,1H3,(H,26,27). The first kappa shape index (κ1) is 19.2. The molecule has 1 aliphatic rings. The molecule has 3 rings (SSSR count). The van der Waals surface area contributed by atoms with Gasteiger partial charge in [0, 0.05) is 28.3 Å². The van der Waals surface area contributed by atoms with E-state index in [-0.39, 0.29) is 21.9 Å². The quantitative estimate of drug-likeness (QED) is 0.718. The van der Waals surface area contributed by atoms with Crippen LogP contribution in [0.15, 0.2) is 36.4 Å². The number of rotatable bonds is 3. The van der Waals surface area contributed by atoms with Crippen LogP contribution in [-0.2, 0) is 6.42 Å². The predicted octanol–water partition coefficient (Wildman–Crippen LogP) is 4.53. The second-order valence-corrected chi connectivity index (χ2v) is 6.88. The van der Waals surface area contributed by atoms with Crippen molar-refractivity contribution in [3.8, 4) is 5.75 Å². The first-order valence-electron chi connectivity index (χ1n) is 8.45. The van der Waals surface area contributed by atoms with E-state index in [0.717, 1.165) is 5.56 Å². The van der Waals surface area contributed by atoms with Gasteiger partial charge in [-0.2, -0.15) is 0 Å². The Bertz CT molecular complexity index is 915. The molecule has 0 aromatic heterocycles. The minimum absolute atomic E-state index is 0.139. The van der Waals surface area contributed by atoms with E-state index in [1.165, 1.54) is 35.3 Å². The lowest BCUT2D eigenvalue weighted by atomic mass is 9.89. The van der Waals surface area contributed by atoms with Crippen LogP contribution in [0.3, 0.4) is 0 Å². The monoisotopic (exact) mass is 391 g/mol. The summed E-state index contributed by atoms with van der Waals surface area (Å²) in [5, 5.41) is 30.7. The van der Waals surface area contributed by atoms with Crippen molar-refractivity contribution in [3.63, 3.8) is 0 Å². The Morgan fingerprint density at radius 3 is 2.78 bits per heavy atom. The molecule has 1 heterocycles. The van der Waals surface area contributed by atoms with Gasteiger partial charge in [0.15, 0.2) is 0 Å². The van der Waals surface area contributed by atoms with Gasteiger partial charge in [-0.1, -0.05) is 42.0 Å². The van der Waals surface area contributed by atoms with Gasteiger partial charge in [0.1, 0.15) is 17.7 Å². The van der Waals surface area contributed by atoms with Crippen LogP contribution < -0.4 is 0 Å². The topological polar surface area (TPSA) is 81.0 Å². The van der Waals surface area contributed by atoms with Gasteiger partial charge in [0.05, 0.1) is 6.04 Å². The lowest BCUT2D eigenvalue weighted by Gasteiger charge is -2.34. The van der Waals surface area contributed by atoms with Crippen LogP contribution in [0.5, 0.6) is 5.75 Å². The van der Waals surface area contributed by atoms with Crippen molar-refractivity contribution in [3.05, 3.63) is 69.5 Å². The number of aliphatic hydroxyl groups excluding tert-OH is 1. The Hall–Kier alpha value is -2.57. The molecule has 2 aromatic carbocycles. The summed E-state index contributed by atoms with van der Waals surface area (Å²) in [5.41, 5.74) is 1.83. The van der Waals surface area contributed by atoms with Crippen molar-refractivity contribution in [2.75, 3.05) is 6.54 Å². The summed E-state index contributed by atoms with van der Waals surface area (Å²) in [4.78, 5) is 12.6. The number of carboxylic acid groups (broad SMARTS) is 1. The van der Waals surface area contributed by atoms with E-state index in [9.17, 15) is 24.5 Å². The van der Waals surface area contributed by atoms with Crippen LogP contribution in [0.25, 0.3) is 6.08 Å². The number of fused-ring (bicyclic) bond motifs is 1. The summed E-state index contributed by atoms with van der Waals surface area (Å²) in [6.07, 6.45) is 1.01. The van der Waals surface area contributed by atoms with Gasteiger partial charge in [-0.15, -0.1) is 0 Å². The second-order valence-electron chi connectivity index (χ2n) is 6.45. The third kappa shape index (κ3) is 3.77.